The number of carbonyl (C=O) groups is 3. The number of Topliss-reactive ketones (excluding diaryl/α,β-unsaturated/α-hetero) is 1. The van der Waals surface area contributed by atoms with Crippen LogP contribution in [0.25, 0.3) is 0 Å². The fraction of sp³-hybridized carbons (Fsp3) is 0.273. The Kier molecular flexibility index (Phi) is 9.24. The number of aliphatic hydroxyl groups excluding tert-OH is 1. The molecule has 158 valence electrons. The lowest BCUT2D eigenvalue weighted by atomic mass is 10.1. The minimum atomic E-state index is -0.588. The quantitative estimate of drug-likeness (QED) is 0.153. The number of esters is 1. The number of hydrogen-bond donors (Lipinski definition) is 1. The largest absolute Gasteiger partial charge is 0.462 e. The predicted molar refractivity (Wildman–Crippen MR) is 113 cm³/mol. The molecule has 0 aliphatic rings. The van der Waals surface area contributed by atoms with Crippen molar-refractivity contribution in [2.24, 2.45) is 5.16 Å². The van der Waals surface area contributed by atoms with Gasteiger partial charge in [0.15, 0.2) is 0 Å². The molecule has 0 bridgehead atoms. The molecule has 0 radical (unpaired) electrons. The van der Waals surface area contributed by atoms with E-state index in [-0.39, 0.29) is 24.7 Å². The van der Waals surface area contributed by atoms with Gasteiger partial charge in [0.2, 0.25) is 5.78 Å². The van der Waals surface area contributed by atoms with E-state index >= 15 is 0 Å². The first-order valence-electron chi connectivity index (χ1n) is 9.33. The lowest BCUT2D eigenvalue weighted by Crippen LogP contribution is -2.11. The van der Waals surface area contributed by atoms with Crippen molar-refractivity contribution < 1.29 is 29.1 Å². The Balaban J connectivity index is 1.94. The molecule has 0 aliphatic carbocycles. The van der Waals surface area contributed by atoms with Crippen LogP contribution in [0.4, 0.5) is 0 Å². The van der Waals surface area contributed by atoms with E-state index in [0.29, 0.717) is 24.0 Å². The second-order valence-corrected chi connectivity index (χ2v) is 7.45. The number of hydrogen-bond acceptors (Lipinski definition) is 8. The number of aliphatic hydroxyl groups is 1. The Labute approximate surface area is 179 Å². The Hall–Kier alpha value is -2.97. The molecule has 0 atom stereocenters. The zero-order valence-corrected chi connectivity index (χ0v) is 17.6. The maximum absolute atomic E-state index is 12.3. The van der Waals surface area contributed by atoms with Gasteiger partial charge in [0.1, 0.15) is 5.71 Å². The van der Waals surface area contributed by atoms with Crippen LogP contribution in [0.5, 0.6) is 0 Å². The van der Waals surface area contributed by atoms with E-state index in [2.05, 4.69) is 9.99 Å². The fourth-order valence-corrected chi connectivity index (χ4v) is 3.13. The van der Waals surface area contributed by atoms with Crippen molar-refractivity contribution in [3.8, 4) is 0 Å². The van der Waals surface area contributed by atoms with Gasteiger partial charge in [-0.15, -0.1) is 0 Å². The first kappa shape index (κ1) is 23.3. The molecule has 1 N–H and O–H groups in total. The molecule has 7 nitrogen and oxygen atoms in total. The smallest absolute Gasteiger partial charge is 0.338 e. The standard InChI is InChI=1S/C22H23NO6S/c1-15(23-29-16(2)25)21(26)17-5-9-19(10-6-17)30-20-11-7-18(8-12-20)22(27)28-14-4-3-13-24/h5-12,24H,3-4,13-14H2,1-2H3/b23-15+. The number of nitrogens with zero attached hydrogens (tertiary/aromatic N) is 1. The number of ketones is 1. The average Bonchev–Trinajstić information content (AvgIpc) is 2.75. The molecule has 0 fully saturated rings. The Bertz CT molecular complexity index is 906. The summed E-state index contributed by atoms with van der Waals surface area (Å²) in [6.45, 7) is 3.06. The first-order chi connectivity index (χ1) is 14.4. The molecule has 0 spiro atoms. The summed E-state index contributed by atoms with van der Waals surface area (Å²) in [6, 6.07) is 14.0. The topological polar surface area (TPSA) is 102 Å². The third-order valence-corrected chi connectivity index (χ3v) is 4.88. The van der Waals surface area contributed by atoms with E-state index in [4.69, 9.17) is 9.84 Å². The zero-order chi connectivity index (χ0) is 21.9. The van der Waals surface area contributed by atoms with Crippen molar-refractivity contribution in [3.63, 3.8) is 0 Å². The fourth-order valence-electron chi connectivity index (χ4n) is 2.31. The highest BCUT2D eigenvalue weighted by Crippen LogP contribution is 2.28. The molecule has 0 unspecified atom stereocenters. The van der Waals surface area contributed by atoms with Gasteiger partial charge < -0.3 is 14.7 Å². The Morgan fingerprint density at radius 2 is 1.47 bits per heavy atom. The number of carbonyl (C=O) groups excluding carboxylic acids is 3. The van der Waals surface area contributed by atoms with E-state index in [9.17, 15) is 14.4 Å². The zero-order valence-electron chi connectivity index (χ0n) is 16.8. The molecule has 2 aromatic rings. The van der Waals surface area contributed by atoms with Crippen molar-refractivity contribution >= 4 is 35.2 Å². The van der Waals surface area contributed by atoms with Gasteiger partial charge in [0, 0.05) is 28.9 Å². The molecular formula is C22H23NO6S. The third kappa shape index (κ3) is 7.46. The SMILES string of the molecule is CC(=O)O/N=C(\C)C(=O)c1ccc(Sc2ccc(C(=O)OCCCCO)cc2)cc1. The van der Waals surface area contributed by atoms with Crippen molar-refractivity contribution in [1.82, 2.24) is 0 Å². The van der Waals surface area contributed by atoms with Crippen molar-refractivity contribution in [1.29, 1.82) is 0 Å². The van der Waals surface area contributed by atoms with Crippen LogP contribution in [-0.4, -0.2) is 41.8 Å². The number of oxime groups is 1. The normalized spacial score (nSPS) is 11.1. The lowest BCUT2D eigenvalue weighted by molar-refractivity contribution is -0.140. The first-order valence-corrected chi connectivity index (χ1v) is 10.1. The van der Waals surface area contributed by atoms with Crippen molar-refractivity contribution in [2.45, 2.75) is 36.5 Å². The second kappa shape index (κ2) is 11.9. The number of ether oxygens (including phenoxy) is 1. The summed E-state index contributed by atoms with van der Waals surface area (Å²) in [5.41, 5.74) is 0.989. The molecule has 0 amide bonds. The summed E-state index contributed by atoms with van der Waals surface area (Å²) in [5.74, 6) is -1.30. The van der Waals surface area contributed by atoms with Crippen LogP contribution in [0, 0.1) is 0 Å². The number of benzene rings is 2. The maximum atomic E-state index is 12.3. The maximum Gasteiger partial charge on any atom is 0.338 e. The van der Waals surface area contributed by atoms with Crippen LogP contribution in [-0.2, 0) is 14.4 Å². The summed E-state index contributed by atoms with van der Waals surface area (Å²) in [4.78, 5) is 41.3. The molecule has 0 saturated carbocycles. The van der Waals surface area contributed by atoms with Crippen molar-refractivity contribution in [3.05, 3.63) is 59.7 Å². The highest BCUT2D eigenvalue weighted by Gasteiger charge is 2.11. The summed E-state index contributed by atoms with van der Waals surface area (Å²) in [6.07, 6.45) is 1.23. The van der Waals surface area contributed by atoms with Gasteiger partial charge in [-0.25, -0.2) is 9.59 Å². The van der Waals surface area contributed by atoms with E-state index in [1.165, 1.54) is 25.6 Å². The van der Waals surface area contributed by atoms with Crippen LogP contribution in [0.2, 0.25) is 0 Å². The van der Waals surface area contributed by atoms with E-state index < -0.39 is 11.9 Å². The van der Waals surface area contributed by atoms with Crippen LogP contribution in [0.3, 0.4) is 0 Å². The monoisotopic (exact) mass is 429 g/mol. The van der Waals surface area contributed by atoms with Crippen LogP contribution < -0.4 is 0 Å². The molecule has 0 saturated heterocycles. The van der Waals surface area contributed by atoms with Crippen LogP contribution in [0.15, 0.2) is 63.5 Å². The number of rotatable bonds is 10. The summed E-state index contributed by atoms with van der Waals surface area (Å²) in [5, 5.41) is 12.2. The Morgan fingerprint density at radius 3 is 2.00 bits per heavy atom. The molecule has 2 rings (SSSR count). The molecular weight excluding hydrogens is 406 g/mol. The molecule has 0 aliphatic heterocycles. The highest BCUT2D eigenvalue weighted by atomic mass is 32.2. The van der Waals surface area contributed by atoms with Gasteiger partial charge in [-0.05, 0) is 68.3 Å². The van der Waals surface area contributed by atoms with Crippen molar-refractivity contribution in [2.75, 3.05) is 13.2 Å². The van der Waals surface area contributed by atoms with Gasteiger partial charge >= 0.3 is 11.9 Å². The lowest BCUT2D eigenvalue weighted by Gasteiger charge is -2.06. The van der Waals surface area contributed by atoms with Gasteiger partial charge in [-0.3, -0.25) is 4.79 Å². The Morgan fingerprint density at radius 1 is 0.900 bits per heavy atom. The van der Waals surface area contributed by atoms with E-state index in [1.807, 2.05) is 12.1 Å². The highest BCUT2D eigenvalue weighted by molar-refractivity contribution is 7.99. The predicted octanol–water partition coefficient (Wildman–Crippen LogP) is 3.89. The summed E-state index contributed by atoms with van der Waals surface area (Å²) >= 11 is 1.48. The summed E-state index contributed by atoms with van der Waals surface area (Å²) in [7, 11) is 0. The minimum absolute atomic E-state index is 0.0834. The van der Waals surface area contributed by atoms with Gasteiger partial charge in [-0.2, -0.15) is 0 Å². The molecule has 30 heavy (non-hydrogen) atoms. The average molecular weight is 429 g/mol. The van der Waals surface area contributed by atoms with E-state index in [0.717, 1.165) is 9.79 Å². The van der Waals surface area contributed by atoms with Gasteiger partial charge in [-0.1, -0.05) is 16.9 Å². The van der Waals surface area contributed by atoms with E-state index in [1.54, 1.807) is 36.4 Å². The summed E-state index contributed by atoms with van der Waals surface area (Å²) < 4.78 is 5.15. The minimum Gasteiger partial charge on any atom is -0.462 e. The third-order valence-electron chi connectivity index (χ3n) is 3.87. The molecule has 0 aromatic heterocycles. The van der Waals surface area contributed by atoms with Gasteiger partial charge in [0.25, 0.3) is 0 Å². The molecule has 2 aromatic carbocycles. The van der Waals surface area contributed by atoms with Crippen LogP contribution in [0.1, 0.15) is 47.4 Å². The number of unbranched alkanes of at least 4 members (excludes halogenated alkanes) is 1. The second-order valence-electron chi connectivity index (χ2n) is 6.31. The molecule has 8 heteroatoms. The van der Waals surface area contributed by atoms with Gasteiger partial charge in [0.05, 0.1) is 12.2 Å². The molecule has 0 heterocycles. The van der Waals surface area contributed by atoms with Crippen LogP contribution >= 0.6 is 11.8 Å².